The minimum Gasteiger partial charge on any atom is -0.480 e. The molecule has 1 N–H and O–H groups in total. The Morgan fingerprint density at radius 1 is 1.62 bits per heavy atom. The van der Waals surface area contributed by atoms with Gasteiger partial charge >= 0.3 is 11.9 Å². The van der Waals surface area contributed by atoms with Gasteiger partial charge in [0.1, 0.15) is 11.1 Å². The minimum atomic E-state index is -1.13. The number of ether oxygens (including phenoxy) is 2. The second-order valence-corrected chi connectivity index (χ2v) is 3.75. The van der Waals surface area contributed by atoms with Crippen molar-refractivity contribution in [1.29, 1.82) is 0 Å². The molecule has 1 aliphatic heterocycles. The van der Waals surface area contributed by atoms with Crippen molar-refractivity contribution in [3.63, 3.8) is 0 Å². The molecule has 7 heteroatoms. The summed E-state index contributed by atoms with van der Waals surface area (Å²) in [5.74, 6) is -1.71. The average Bonchev–Trinajstić information content (AvgIpc) is 2.29. The van der Waals surface area contributed by atoms with Gasteiger partial charge in [0.25, 0.3) is 0 Å². The molecule has 0 amide bonds. The number of carboxylic acid groups (broad SMARTS) is 1. The molecule has 72 valence electrons. The topological polar surface area (TPSA) is 72.8 Å². The fourth-order valence-electron chi connectivity index (χ4n) is 0.656. The van der Waals surface area contributed by atoms with E-state index < -0.39 is 24.8 Å². The van der Waals surface area contributed by atoms with Gasteiger partial charge in [-0.3, -0.25) is 0 Å². The lowest BCUT2D eigenvalue weighted by Crippen LogP contribution is -2.19. The van der Waals surface area contributed by atoms with Crippen LogP contribution >= 0.6 is 31.9 Å². The molecule has 0 aromatic heterocycles. The number of carbonyl (C=O) groups is 2. The van der Waals surface area contributed by atoms with E-state index >= 15 is 0 Å². The fraction of sp³-hybridized carbons (Fsp3) is 0.333. The van der Waals surface area contributed by atoms with Crippen molar-refractivity contribution in [3.05, 3.63) is 8.96 Å². The Hall–Kier alpha value is -0.400. The van der Waals surface area contributed by atoms with E-state index in [1.165, 1.54) is 0 Å². The maximum absolute atomic E-state index is 10.9. The van der Waals surface area contributed by atoms with Gasteiger partial charge in [0, 0.05) is 0 Å². The number of cyclic esters (lactones) is 1. The molecule has 0 aliphatic carbocycles. The van der Waals surface area contributed by atoms with E-state index in [1.54, 1.807) is 0 Å². The Labute approximate surface area is 89.9 Å². The smallest absolute Gasteiger partial charge is 0.348 e. The number of halogens is 2. The van der Waals surface area contributed by atoms with Gasteiger partial charge in [-0.25, -0.2) is 9.59 Å². The van der Waals surface area contributed by atoms with Gasteiger partial charge in [0.05, 0.1) is 4.48 Å². The van der Waals surface area contributed by atoms with E-state index in [-0.39, 0.29) is 4.48 Å². The molecule has 0 saturated heterocycles. The van der Waals surface area contributed by atoms with Crippen LogP contribution in [0.5, 0.6) is 0 Å². The van der Waals surface area contributed by atoms with Crippen molar-refractivity contribution in [1.82, 2.24) is 0 Å². The van der Waals surface area contributed by atoms with E-state index in [0.717, 1.165) is 0 Å². The van der Waals surface area contributed by atoms with E-state index in [0.29, 0.717) is 4.48 Å². The molecule has 0 aromatic carbocycles. The maximum atomic E-state index is 10.9. The molecule has 13 heavy (non-hydrogen) atoms. The van der Waals surface area contributed by atoms with Crippen molar-refractivity contribution >= 4 is 43.8 Å². The van der Waals surface area contributed by atoms with Crippen molar-refractivity contribution in [2.45, 2.75) is 6.29 Å². The fourth-order valence-corrected chi connectivity index (χ4v) is 1.32. The third-order valence-electron chi connectivity index (χ3n) is 1.17. The molecule has 1 rings (SSSR count). The summed E-state index contributed by atoms with van der Waals surface area (Å²) in [6, 6.07) is 0. The average molecular weight is 316 g/mol. The van der Waals surface area contributed by atoms with Crippen LogP contribution in [-0.2, 0) is 19.1 Å². The van der Waals surface area contributed by atoms with Gasteiger partial charge in [-0.05, 0) is 31.9 Å². The third kappa shape index (κ3) is 2.52. The van der Waals surface area contributed by atoms with Crippen LogP contribution in [0.3, 0.4) is 0 Å². The summed E-state index contributed by atoms with van der Waals surface area (Å²) in [5.41, 5.74) is 0. The van der Waals surface area contributed by atoms with Crippen LogP contribution in [0.15, 0.2) is 8.96 Å². The first-order valence-electron chi connectivity index (χ1n) is 3.12. The monoisotopic (exact) mass is 314 g/mol. The normalized spacial score (nSPS) is 22.0. The zero-order valence-corrected chi connectivity index (χ0v) is 9.29. The highest BCUT2D eigenvalue weighted by molar-refractivity contribution is 9.14. The summed E-state index contributed by atoms with van der Waals surface area (Å²) in [6.45, 7) is -0.521. The molecule has 5 nitrogen and oxygen atoms in total. The molecule has 1 aliphatic rings. The summed E-state index contributed by atoms with van der Waals surface area (Å²) in [5, 5.41) is 8.28. The zero-order chi connectivity index (χ0) is 10.0. The van der Waals surface area contributed by atoms with Gasteiger partial charge in [-0.2, -0.15) is 0 Å². The Kier molecular flexibility index (Phi) is 3.46. The van der Waals surface area contributed by atoms with Crippen molar-refractivity contribution in [3.8, 4) is 0 Å². The first kappa shape index (κ1) is 10.7. The molecule has 0 saturated carbocycles. The molecule has 1 atom stereocenters. The van der Waals surface area contributed by atoms with Crippen molar-refractivity contribution in [2.75, 3.05) is 6.61 Å². The lowest BCUT2D eigenvalue weighted by molar-refractivity contribution is -0.167. The number of hydrogen-bond acceptors (Lipinski definition) is 4. The maximum Gasteiger partial charge on any atom is 0.348 e. The molecule has 0 fully saturated rings. The Balaban J connectivity index is 2.56. The van der Waals surface area contributed by atoms with Gasteiger partial charge in [0.15, 0.2) is 0 Å². The molecule has 1 heterocycles. The Morgan fingerprint density at radius 3 is 2.62 bits per heavy atom. The largest absolute Gasteiger partial charge is 0.480 e. The number of aliphatic carboxylic acids is 1. The molecular formula is C6H4Br2O5. The SMILES string of the molecule is O=C(O)COC1OC(=O)C(Br)=C1Br. The summed E-state index contributed by atoms with van der Waals surface area (Å²) >= 11 is 5.98. The summed E-state index contributed by atoms with van der Waals surface area (Å²) < 4.78 is 9.96. The number of carboxylic acids is 1. The third-order valence-corrected chi connectivity index (χ3v) is 3.22. The Morgan fingerprint density at radius 2 is 2.23 bits per heavy atom. The standard InChI is InChI=1S/C6H4Br2O5/c7-3-4(8)6(13-5(3)11)12-1-2(9)10/h6H,1H2,(H,9,10). The van der Waals surface area contributed by atoms with E-state index in [9.17, 15) is 9.59 Å². The van der Waals surface area contributed by atoms with Gasteiger partial charge in [-0.15, -0.1) is 0 Å². The van der Waals surface area contributed by atoms with Crippen LogP contribution in [0, 0.1) is 0 Å². The van der Waals surface area contributed by atoms with Crippen molar-refractivity contribution < 1.29 is 24.2 Å². The van der Waals surface area contributed by atoms with Gasteiger partial charge < -0.3 is 14.6 Å². The van der Waals surface area contributed by atoms with Crippen LogP contribution in [0.4, 0.5) is 0 Å². The van der Waals surface area contributed by atoms with Crippen LogP contribution in [0.1, 0.15) is 0 Å². The molecule has 0 radical (unpaired) electrons. The quantitative estimate of drug-likeness (QED) is 0.786. The highest BCUT2D eigenvalue weighted by Crippen LogP contribution is 2.31. The van der Waals surface area contributed by atoms with Crippen LogP contribution in [-0.4, -0.2) is 29.9 Å². The second-order valence-electron chi connectivity index (χ2n) is 2.10. The molecule has 0 bridgehead atoms. The molecule has 0 spiro atoms. The van der Waals surface area contributed by atoms with Crippen molar-refractivity contribution in [2.24, 2.45) is 0 Å². The molecular weight excluding hydrogens is 312 g/mol. The zero-order valence-electron chi connectivity index (χ0n) is 6.12. The van der Waals surface area contributed by atoms with E-state index in [1.807, 2.05) is 0 Å². The summed E-state index contributed by atoms with van der Waals surface area (Å²) in [4.78, 5) is 21.0. The highest BCUT2D eigenvalue weighted by Gasteiger charge is 2.32. The van der Waals surface area contributed by atoms with Crippen LogP contribution in [0.2, 0.25) is 0 Å². The van der Waals surface area contributed by atoms with Gasteiger partial charge in [-0.1, -0.05) is 0 Å². The van der Waals surface area contributed by atoms with Gasteiger partial charge in [0.2, 0.25) is 6.29 Å². The highest BCUT2D eigenvalue weighted by atomic mass is 79.9. The number of hydrogen-bond donors (Lipinski definition) is 1. The second kappa shape index (κ2) is 4.21. The van der Waals surface area contributed by atoms with Crippen LogP contribution in [0.25, 0.3) is 0 Å². The minimum absolute atomic E-state index is 0.211. The number of carbonyl (C=O) groups excluding carboxylic acids is 1. The predicted molar refractivity (Wildman–Crippen MR) is 48.3 cm³/mol. The summed E-state index contributed by atoms with van der Waals surface area (Å²) in [6.07, 6.45) is -0.960. The first-order valence-corrected chi connectivity index (χ1v) is 4.70. The number of esters is 1. The molecule has 0 aromatic rings. The first-order chi connectivity index (χ1) is 6.02. The predicted octanol–water partition coefficient (Wildman–Crippen LogP) is 0.972. The molecule has 1 unspecified atom stereocenters. The van der Waals surface area contributed by atoms with E-state index in [4.69, 9.17) is 9.84 Å². The summed E-state index contributed by atoms with van der Waals surface area (Å²) in [7, 11) is 0. The number of rotatable bonds is 3. The lowest BCUT2D eigenvalue weighted by Gasteiger charge is -2.08. The lowest BCUT2D eigenvalue weighted by atomic mass is 10.5. The Bertz CT molecular complexity index is 285. The van der Waals surface area contributed by atoms with Crippen LogP contribution < -0.4 is 0 Å². The van der Waals surface area contributed by atoms with E-state index in [2.05, 4.69) is 36.6 Å².